The fraction of sp³-hybridized carbons (Fsp3) is 0.500. The molecule has 1 aliphatic carbocycles. The van der Waals surface area contributed by atoms with E-state index < -0.39 is 5.97 Å². The highest BCUT2D eigenvalue weighted by Crippen LogP contribution is 2.32. The largest absolute Gasteiger partial charge is 0.462 e. The molecule has 1 atom stereocenters. The first-order valence-electron chi connectivity index (χ1n) is 6.66. The van der Waals surface area contributed by atoms with E-state index in [0.717, 1.165) is 30.1 Å². The molecule has 0 bridgehead atoms. The molecular weight excluding hydrogens is 274 g/mol. The Kier molecular flexibility index (Phi) is 4.74. The first-order chi connectivity index (χ1) is 9.63. The molecule has 1 aliphatic rings. The number of nitrogens with one attached hydrogen (secondary N) is 1. The van der Waals surface area contributed by atoms with Gasteiger partial charge in [-0.2, -0.15) is 5.26 Å². The van der Waals surface area contributed by atoms with Crippen LogP contribution in [0.1, 0.15) is 30.8 Å². The number of thiazole rings is 1. The van der Waals surface area contributed by atoms with Crippen molar-refractivity contribution < 1.29 is 9.53 Å². The molecule has 0 aliphatic heterocycles. The second-order valence-corrected chi connectivity index (χ2v) is 5.86. The SMILES string of the molecule is CCOC(=O)/C(C#N)=C/Nc1nc2c(s1)C[C@H](C)CC2. The van der Waals surface area contributed by atoms with Crippen LogP contribution in [0.4, 0.5) is 5.13 Å². The number of carbonyl (C=O) groups is 1. The minimum atomic E-state index is -0.613. The number of nitrogens with zero attached hydrogens (tertiary/aromatic N) is 2. The van der Waals surface area contributed by atoms with Crippen molar-refractivity contribution in [2.75, 3.05) is 11.9 Å². The van der Waals surface area contributed by atoms with Gasteiger partial charge in [0.15, 0.2) is 10.7 Å². The van der Waals surface area contributed by atoms with E-state index in [-0.39, 0.29) is 12.2 Å². The van der Waals surface area contributed by atoms with E-state index >= 15 is 0 Å². The molecule has 0 saturated heterocycles. The summed E-state index contributed by atoms with van der Waals surface area (Å²) in [5.41, 5.74) is 1.09. The van der Waals surface area contributed by atoms with Crippen LogP contribution in [0, 0.1) is 17.2 Å². The third-order valence-electron chi connectivity index (χ3n) is 3.14. The van der Waals surface area contributed by atoms with Crippen LogP contribution in [0.2, 0.25) is 0 Å². The lowest BCUT2D eigenvalue weighted by Crippen LogP contribution is -2.09. The quantitative estimate of drug-likeness (QED) is 0.524. The number of anilines is 1. The Bertz CT molecular complexity index is 571. The van der Waals surface area contributed by atoms with Crippen molar-refractivity contribution in [2.24, 2.45) is 5.92 Å². The maximum absolute atomic E-state index is 11.5. The molecule has 6 heteroatoms. The Labute approximate surface area is 122 Å². The molecule has 2 rings (SSSR count). The molecule has 0 radical (unpaired) electrons. The second kappa shape index (κ2) is 6.53. The van der Waals surface area contributed by atoms with Crippen LogP contribution in [-0.2, 0) is 22.4 Å². The van der Waals surface area contributed by atoms with Crippen molar-refractivity contribution in [2.45, 2.75) is 33.1 Å². The zero-order valence-corrected chi connectivity index (χ0v) is 12.4. The number of hydrogen-bond acceptors (Lipinski definition) is 6. The Morgan fingerprint density at radius 1 is 1.70 bits per heavy atom. The number of ether oxygens (including phenoxy) is 1. The average Bonchev–Trinajstić information content (AvgIpc) is 2.81. The van der Waals surface area contributed by atoms with Gasteiger partial charge >= 0.3 is 5.97 Å². The fourth-order valence-corrected chi connectivity index (χ4v) is 3.22. The van der Waals surface area contributed by atoms with Gasteiger partial charge in [-0.25, -0.2) is 9.78 Å². The van der Waals surface area contributed by atoms with E-state index in [2.05, 4.69) is 17.2 Å². The van der Waals surface area contributed by atoms with E-state index in [0.29, 0.717) is 5.92 Å². The highest BCUT2D eigenvalue weighted by atomic mass is 32.1. The predicted molar refractivity (Wildman–Crippen MR) is 77.3 cm³/mol. The third-order valence-corrected chi connectivity index (χ3v) is 4.19. The molecule has 0 fully saturated rings. The monoisotopic (exact) mass is 291 g/mol. The predicted octanol–water partition coefficient (Wildman–Crippen LogP) is 2.65. The fourth-order valence-electron chi connectivity index (χ4n) is 2.08. The van der Waals surface area contributed by atoms with E-state index in [1.807, 2.05) is 6.07 Å². The van der Waals surface area contributed by atoms with Crippen LogP contribution >= 0.6 is 11.3 Å². The highest BCUT2D eigenvalue weighted by Gasteiger charge is 2.19. The van der Waals surface area contributed by atoms with Crippen LogP contribution in [0.5, 0.6) is 0 Å². The maximum atomic E-state index is 11.5. The minimum absolute atomic E-state index is 0.0478. The van der Waals surface area contributed by atoms with E-state index in [1.165, 1.54) is 11.1 Å². The number of nitriles is 1. The Hall–Kier alpha value is -1.87. The summed E-state index contributed by atoms with van der Waals surface area (Å²) in [6, 6.07) is 1.83. The smallest absolute Gasteiger partial charge is 0.350 e. The molecule has 20 heavy (non-hydrogen) atoms. The van der Waals surface area contributed by atoms with Gasteiger partial charge in [0.2, 0.25) is 0 Å². The van der Waals surface area contributed by atoms with Crippen LogP contribution in [0.25, 0.3) is 0 Å². The molecule has 0 aromatic carbocycles. The third kappa shape index (κ3) is 3.36. The second-order valence-electron chi connectivity index (χ2n) is 4.77. The van der Waals surface area contributed by atoms with Gasteiger partial charge in [0.1, 0.15) is 6.07 Å². The summed E-state index contributed by atoms with van der Waals surface area (Å²) in [5.74, 6) is 0.0815. The van der Waals surface area contributed by atoms with E-state index in [4.69, 9.17) is 10.00 Å². The van der Waals surface area contributed by atoms with Crippen molar-refractivity contribution in [3.8, 4) is 6.07 Å². The minimum Gasteiger partial charge on any atom is -0.462 e. The number of hydrogen-bond donors (Lipinski definition) is 1. The summed E-state index contributed by atoms with van der Waals surface area (Å²) in [4.78, 5) is 17.3. The molecule has 0 amide bonds. The first kappa shape index (κ1) is 14.5. The van der Waals surface area contributed by atoms with Gasteiger partial charge < -0.3 is 10.1 Å². The summed E-state index contributed by atoms with van der Waals surface area (Å²) in [6.45, 7) is 4.20. The van der Waals surface area contributed by atoms with E-state index in [1.54, 1.807) is 18.3 Å². The normalized spacial score (nSPS) is 18.1. The van der Waals surface area contributed by atoms with Crippen molar-refractivity contribution in [1.82, 2.24) is 4.98 Å². The summed E-state index contributed by atoms with van der Waals surface area (Å²) in [6.07, 6.45) is 4.59. The standard InChI is InChI=1S/C14H17N3O2S/c1-3-19-13(18)10(7-15)8-16-14-17-11-5-4-9(2)6-12(11)20-14/h8-9H,3-6H2,1-2H3,(H,16,17)/b10-8+/t9-/m1/s1. The summed E-state index contributed by atoms with van der Waals surface area (Å²) < 4.78 is 4.79. The topological polar surface area (TPSA) is 75.0 Å². The van der Waals surface area contributed by atoms with Crippen molar-refractivity contribution in [3.05, 3.63) is 22.3 Å². The van der Waals surface area contributed by atoms with Gasteiger partial charge in [-0.3, -0.25) is 0 Å². The van der Waals surface area contributed by atoms with Crippen molar-refractivity contribution >= 4 is 22.4 Å². The van der Waals surface area contributed by atoms with Gasteiger partial charge in [0.05, 0.1) is 12.3 Å². The van der Waals surface area contributed by atoms with Crippen LogP contribution in [0.15, 0.2) is 11.8 Å². The molecule has 1 aromatic rings. The molecular formula is C14H17N3O2S. The lowest BCUT2D eigenvalue weighted by atomic mass is 9.93. The highest BCUT2D eigenvalue weighted by molar-refractivity contribution is 7.15. The van der Waals surface area contributed by atoms with Gasteiger partial charge in [-0.1, -0.05) is 6.92 Å². The average molecular weight is 291 g/mol. The molecule has 1 heterocycles. The molecule has 106 valence electrons. The van der Waals surface area contributed by atoms with Gasteiger partial charge in [-0.05, 0) is 32.1 Å². The Morgan fingerprint density at radius 2 is 2.50 bits per heavy atom. The van der Waals surface area contributed by atoms with Gasteiger partial charge in [0, 0.05) is 11.1 Å². The lowest BCUT2D eigenvalue weighted by molar-refractivity contribution is -0.138. The molecule has 1 N–H and O–H groups in total. The molecule has 0 unspecified atom stereocenters. The summed E-state index contributed by atoms with van der Waals surface area (Å²) in [5, 5.41) is 12.6. The number of carbonyl (C=O) groups excluding carboxylic acids is 1. The lowest BCUT2D eigenvalue weighted by Gasteiger charge is -2.15. The Balaban J connectivity index is 2.07. The summed E-state index contributed by atoms with van der Waals surface area (Å²) >= 11 is 1.59. The van der Waals surface area contributed by atoms with Gasteiger partial charge in [-0.15, -0.1) is 11.3 Å². The van der Waals surface area contributed by atoms with Crippen LogP contribution in [-0.4, -0.2) is 17.6 Å². The number of aryl methyl sites for hydroxylation is 1. The van der Waals surface area contributed by atoms with Crippen LogP contribution < -0.4 is 5.32 Å². The molecule has 5 nitrogen and oxygen atoms in total. The first-order valence-corrected chi connectivity index (χ1v) is 7.48. The van der Waals surface area contributed by atoms with Crippen molar-refractivity contribution in [3.63, 3.8) is 0 Å². The zero-order chi connectivity index (χ0) is 14.5. The van der Waals surface area contributed by atoms with E-state index in [9.17, 15) is 4.79 Å². The molecule has 1 aromatic heterocycles. The van der Waals surface area contributed by atoms with Crippen LogP contribution in [0.3, 0.4) is 0 Å². The molecule has 0 spiro atoms. The number of esters is 1. The van der Waals surface area contributed by atoms with Crippen molar-refractivity contribution in [1.29, 1.82) is 5.26 Å². The Morgan fingerprint density at radius 3 is 3.20 bits per heavy atom. The summed E-state index contributed by atoms with van der Waals surface area (Å²) in [7, 11) is 0. The molecule has 0 saturated carbocycles. The number of rotatable bonds is 4. The zero-order valence-electron chi connectivity index (χ0n) is 11.6. The maximum Gasteiger partial charge on any atom is 0.350 e. The van der Waals surface area contributed by atoms with Gasteiger partial charge in [0.25, 0.3) is 0 Å². The number of fused-ring (bicyclic) bond motifs is 1. The number of aromatic nitrogens is 1.